The van der Waals surface area contributed by atoms with E-state index < -0.39 is 6.10 Å². The molecular weight excluding hydrogens is 274 g/mol. The van der Waals surface area contributed by atoms with E-state index in [2.05, 4.69) is 16.9 Å². The van der Waals surface area contributed by atoms with Crippen molar-refractivity contribution in [1.82, 2.24) is 0 Å². The Morgan fingerprint density at radius 3 is 2.41 bits per heavy atom. The van der Waals surface area contributed by atoms with Crippen LogP contribution in [0.2, 0.25) is 0 Å². The molecule has 2 rings (SSSR count). The number of rotatable bonds is 6. The highest BCUT2D eigenvalue weighted by atomic mass is 16.3. The number of benzene rings is 2. The Labute approximate surface area is 131 Å². The van der Waals surface area contributed by atoms with Crippen LogP contribution in [-0.2, 0) is 0 Å². The molecule has 2 aromatic rings. The zero-order valence-corrected chi connectivity index (χ0v) is 12.9. The lowest BCUT2D eigenvalue weighted by molar-refractivity contribution is 0.0991. The molecule has 0 saturated heterocycles. The number of hydrogen-bond acceptors (Lipinski definition) is 2. The molecule has 3 atom stereocenters. The first-order chi connectivity index (χ1) is 10.6. The van der Waals surface area contributed by atoms with Crippen LogP contribution in [-0.4, -0.2) is 11.7 Å². The third-order valence-corrected chi connectivity index (χ3v) is 4.11. The van der Waals surface area contributed by atoms with Gasteiger partial charge in [-0.1, -0.05) is 72.2 Å². The number of nitrogens with zero attached hydrogens (tertiary/aromatic N) is 3. The minimum absolute atomic E-state index is 0.0854. The van der Waals surface area contributed by atoms with Crippen LogP contribution in [0.15, 0.2) is 59.7 Å². The Morgan fingerprint density at radius 2 is 1.77 bits per heavy atom. The number of aliphatic hydroxyl groups is 1. The van der Waals surface area contributed by atoms with Crippen LogP contribution < -0.4 is 0 Å². The normalized spacial score (nSPS) is 14.7. The quantitative estimate of drug-likeness (QED) is 0.466. The van der Waals surface area contributed by atoms with Gasteiger partial charge in [0.2, 0.25) is 0 Å². The number of azide groups is 1. The highest BCUT2D eigenvalue weighted by Gasteiger charge is 2.27. The van der Waals surface area contributed by atoms with Crippen molar-refractivity contribution in [3.8, 4) is 0 Å². The fraction of sp³-hybridized carbons (Fsp3) is 0.333. The highest BCUT2D eigenvalue weighted by Crippen LogP contribution is 2.34. The molecule has 0 aliphatic heterocycles. The molecule has 0 aliphatic carbocycles. The van der Waals surface area contributed by atoms with E-state index in [0.717, 1.165) is 16.7 Å². The van der Waals surface area contributed by atoms with Gasteiger partial charge in [0.1, 0.15) is 0 Å². The summed E-state index contributed by atoms with van der Waals surface area (Å²) in [5.41, 5.74) is 11.7. The van der Waals surface area contributed by atoms with Crippen LogP contribution in [0.5, 0.6) is 0 Å². The maximum Gasteiger partial charge on any atom is 0.0825 e. The fourth-order valence-electron chi connectivity index (χ4n) is 2.77. The molecule has 0 spiro atoms. The Balaban J connectivity index is 2.31. The lowest BCUT2D eigenvalue weighted by Gasteiger charge is -2.28. The third kappa shape index (κ3) is 3.88. The molecule has 22 heavy (non-hydrogen) atoms. The Hall–Kier alpha value is -2.29. The van der Waals surface area contributed by atoms with Gasteiger partial charge in [-0.25, -0.2) is 0 Å². The van der Waals surface area contributed by atoms with Crippen LogP contribution >= 0.6 is 0 Å². The van der Waals surface area contributed by atoms with Crippen molar-refractivity contribution in [3.05, 3.63) is 81.7 Å². The highest BCUT2D eigenvalue weighted by molar-refractivity contribution is 5.27. The third-order valence-electron chi connectivity index (χ3n) is 4.11. The monoisotopic (exact) mass is 295 g/mol. The van der Waals surface area contributed by atoms with Crippen molar-refractivity contribution >= 4 is 0 Å². The molecule has 0 saturated carbocycles. The summed E-state index contributed by atoms with van der Waals surface area (Å²) in [6.07, 6.45) is -0.666. The first-order valence-electron chi connectivity index (χ1n) is 7.44. The number of aliphatic hydroxyl groups excluding tert-OH is 1. The summed E-state index contributed by atoms with van der Waals surface area (Å²) >= 11 is 0. The molecule has 0 aromatic heterocycles. The molecule has 4 nitrogen and oxygen atoms in total. The van der Waals surface area contributed by atoms with E-state index >= 15 is 0 Å². The molecule has 0 radical (unpaired) electrons. The van der Waals surface area contributed by atoms with Crippen molar-refractivity contribution in [1.29, 1.82) is 0 Å². The molecule has 2 aromatic carbocycles. The lowest BCUT2D eigenvalue weighted by Crippen LogP contribution is -2.22. The van der Waals surface area contributed by atoms with Gasteiger partial charge in [-0.15, -0.1) is 0 Å². The van der Waals surface area contributed by atoms with Crippen molar-refractivity contribution in [2.75, 3.05) is 6.54 Å². The summed E-state index contributed by atoms with van der Waals surface area (Å²) < 4.78 is 0. The van der Waals surface area contributed by atoms with Crippen LogP contribution in [0.3, 0.4) is 0 Å². The van der Waals surface area contributed by atoms with Gasteiger partial charge >= 0.3 is 0 Å². The van der Waals surface area contributed by atoms with Gasteiger partial charge in [0, 0.05) is 17.4 Å². The van der Waals surface area contributed by atoms with E-state index in [1.807, 2.05) is 61.5 Å². The Kier molecular flexibility index (Phi) is 5.59. The number of hydrogen-bond donors (Lipinski definition) is 1. The summed E-state index contributed by atoms with van der Waals surface area (Å²) in [6.45, 7) is 4.33. The fourth-order valence-corrected chi connectivity index (χ4v) is 2.77. The summed E-state index contributed by atoms with van der Waals surface area (Å²) in [5.74, 6) is -0.0812. The van der Waals surface area contributed by atoms with Crippen LogP contribution in [0.1, 0.15) is 35.6 Å². The zero-order chi connectivity index (χ0) is 15.9. The average molecular weight is 295 g/mol. The van der Waals surface area contributed by atoms with Crippen molar-refractivity contribution in [2.45, 2.75) is 25.9 Å². The average Bonchev–Trinajstić information content (AvgIpc) is 2.55. The lowest BCUT2D eigenvalue weighted by atomic mass is 9.81. The molecule has 1 N–H and O–H groups in total. The predicted octanol–water partition coefficient (Wildman–Crippen LogP) is 4.76. The van der Waals surface area contributed by atoms with Crippen molar-refractivity contribution in [3.63, 3.8) is 0 Å². The first-order valence-corrected chi connectivity index (χ1v) is 7.44. The second kappa shape index (κ2) is 7.64. The molecule has 0 aliphatic rings. The van der Waals surface area contributed by atoms with E-state index in [1.165, 1.54) is 0 Å². The van der Waals surface area contributed by atoms with E-state index in [1.54, 1.807) is 0 Å². The van der Waals surface area contributed by atoms with E-state index in [0.29, 0.717) is 0 Å². The largest absolute Gasteiger partial charge is 0.388 e. The molecule has 0 bridgehead atoms. The van der Waals surface area contributed by atoms with Gasteiger partial charge in [-0.3, -0.25) is 0 Å². The predicted molar refractivity (Wildman–Crippen MR) is 88.5 cm³/mol. The van der Waals surface area contributed by atoms with Gasteiger partial charge in [0.25, 0.3) is 0 Å². The van der Waals surface area contributed by atoms with Crippen LogP contribution in [0.4, 0.5) is 0 Å². The van der Waals surface area contributed by atoms with Gasteiger partial charge in [0.15, 0.2) is 0 Å². The van der Waals surface area contributed by atoms with Crippen LogP contribution in [0, 0.1) is 12.8 Å². The smallest absolute Gasteiger partial charge is 0.0825 e. The topological polar surface area (TPSA) is 69.0 Å². The molecule has 0 unspecified atom stereocenters. The Bertz CT molecular complexity index is 650. The minimum Gasteiger partial charge on any atom is -0.388 e. The van der Waals surface area contributed by atoms with Gasteiger partial charge in [-0.05, 0) is 29.5 Å². The standard InChI is InChI=1S/C18H21N3O/c1-13-7-6-10-16(11-13)18(22)17(12-20-21-19)14(2)15-8-4-3-5-9-15/h3-11,14,17-18,22H,12H2,1-2H3/t14-,17+,18+/m1/s1. The summed E-state index contributed by atoms with van der Waals surface area (Å²) in [4.78, 5) is 2.86. The van der Waals surface area contributed by atoms with E-state index in [4.69, 9.17) is 5.53 Å². The van der Waals surface area contributed by atoms with E-state index in [9.17, 15) is 5.11 Å². The second-order valence-electron chi connectivity index (χ2n) is 5.64. The molecule has 0 amide bonds. The summed E-state index contributed by atoms with van der Waals surface area (Å²) in [7, 11) is 0. The molecule has 0 fully saturated rings. The second-order valence-corrected chi connectivity index (χ2v) is 5.64. The SMILES string of the molecule is Cc1cccc([C@H](O)[C@@H](CN=[N+]=[N-])[C@H](C)c2ccccc2)c1. The van der Waals surface area contributed by atoms with Gasteiger partial charge < -0.3 is 5.11 Å². The summed E-state index contributed by atoms with van der Waals surface area (Å²) in [5, 5.41) is 14.5. The maximum absolute atomic E-state index is 10.8. The zero-order valence-electron chi connectivity index (χ0n) is 12.9. The molecule has 0 heterocycles. The molecule has 114 valence electrons. The minimum atomic E-state index is -0.666. The van der Waals surface area contributed by atoms with Crippen LogP contribution in [0.25, 0.3) is 10.4 Å². The Morgan fingerprint density at radius 1 is 1.09 bits per heavy atom. The molecular formula is C18H21N3O. The van der Waals surface area contributed by atoms with Crippen molar-refractivity contribution < 1.29 is 5.11 Å². The molecule has 4 heteroatoms. The van der Waals surface area contributed by atoms with E-state index in [-0.39, 0.29) is 18.4 Å². The van der Waals surface area contributed by atoms with Crippen molar-refractivity contribution in [2.24, 2.45) is 11.0 Å². The maximum atomic E-state index is 10.8. The van der Waals surface area contributed by atoms with Gasteiger partial charge in [0.05, 0.1) is 6.10 Å². The first kappa shape index (κ1) is 16.1. The summed E-state index contributed by atoms with van der Waals surface area (Å²) in [6, 6.07) is 17.8. The van der Waals surface area contributed by atoms with Gasteiger partial charge in [-0.2, -0.15) is 0 Å². The number of aryl methyl sites for hydroxylation is 1.